The standard InChI is InChI=1S/C16H28N4O/c1-4-7-17-10-14-5-8-20(9-6-14)15-11-18-12-16(19-15)21-13(2)3/h11-14,17H,4-10H2,1-3H3. The van der Waals surface area contributed by atoms with Gasteiger partial charge in [0.25, 0.3) is 0 Å². The number of hydrogen-bond donors (Lipinski definition) is 1. The van der Waals surface area contributed by atoms with Crippen molar-refractivity contribution in [1.29, 1.82) is 0 Å². The average molecular weight is 292 g/mol. The molecular weight excluding hydrogens is 264 g/mol. The van der Waals surface area contributed by atoms with E-state index in [9.17, 15) is 0 Å². The zero-order valence-electron chi connectivity index (χ0n) is 13.5. The third-order valence-corrected chi connectivity index (χ3v) is 3.75. The molecule has 1 aliphatic heterocycles. The van der Waals surface area contributed by atoms with Crippen molar-refractivity contribution in [3.05, 3.63) is 12.4 Å². The molecule has 2 heterocycles. The summed E-state index contributed by atoms with van der Waals surface area (Å²) in [6, 6.07) is 0. The minimum absolute atomic E-state index is 0.130. The Morgan fingerprint density at radius 3 is 2.76 bits per heavy atom. The fourth-order valence-corrected chi connectivity index (χ4v) is 2.64. The molecule has 0 aliphatic carbocycles. The van der Waals surface area contributed by atoms with Gasteiger partial charge in [-0.05, 0) is 52.1 Å². The van der Waals surface area contributed by atoms with Crippen molar-refractivity contribution in [2.45, 2.75) is 46.1 Å². The van der Waals surface area contributed by atoms with Crippen molar-refractivity contribution >= 4 is 5.82 Å². The zero-order chi connectivity index (χ0) is 15.1. The molecule has 1 fully saturated rings. The molecule has 0 radical (unpaired) electrons. The first-order chi connectivity index (χ1) is 10.2. The molecule has 1 saturated heterocycles. The number of hydrogen-bond acceptors (Lipinski definition) is 5. The Kier molecular flexibility index (Phi) is 6.23. The summed E-state index contributed by atoms with van der Waals surface area (Å²) in [5.74, 6) is 2.35. The summed E-state index contributed by atoms with van der Waals surface area (Å²) >= 11 is 0. The van der Waals surface area contributed by atoms with E-state index in [4.69, 9.17) is 4.74 Å². The Morgan fingerprint density at radius 2 is 2.10 bits per heavy atom. The third kappa shape index (κ3) is 5.16. The van der Waals surface area contributed by atoms with Crippen LogP contribution in [0.15, 0.2) is 12.4 Å². The van der Waals surface area contributed by atoms with Gasteiger partial charge in [0.1, 0.15) is 0 Å². The predicted octanol–water partition coefficient (Wildman–Crippen LogP) is 2.48. The first-order valence-electron chi connectivity index (χ1n) is 8.13. The van der Waals surface area contributed by atoms with Crippen LogP contribution < -0.4 is 15.0 Å². The molecule has 118 valence electrons. The van der Waals surface area contributed by atoms with E-state index in [1.165, 1.54) is 19.3 Å². The van der Waals surface area contributed by atoms with Gasteiger partial charge in [-0.3, -0.25) is 4.98 Å². The van der Waals surface area contributed by atoms with Gasteiger partial charge in [-0.15, -0.1) is 0 Å². The number of nitrogens with zero attached hydrogens (tertiary/aromatic N) is 3. The fourth-order valence-electron chi connectivity index (χ4n) is 2.64. The van der Waals surface area contributed by atoms with Gasteiger partial charge in [-0.2, -0.15) is 4.98 Å². The van der Waals surface area contributed by atoms with E-state index in [2.05, 4.69) is 27.1 Å². The Balaban J connectivity index is 1.84. The summed E-state index contributed by atoms with van der Waals surface area (Å²) in [6.45, 7) is 10.6. The van der Waals surface area contributed by atoms with Gasteiger partial charge in [0.05, 0.1) is 18.5 Å². The number of piperidine rings is 1. The van der Waals surface area contributed by atoms with Crippen molar-refractivity contribution in [1.82, 2.24) is 15.3 Å². The van der Waals surface area contributed by atoms with Gasteiger partial charge < -0.3 is 15.0 Å². The molecule has 2 rings (SSSR count). The molecular formula is C16H28N4O. The van der Waals surface area contributed by atoms with Gasteiger partial charge in [-0.1, -0.05) is 6.92 Å². The second-order valence-corrected chi connectivity index (χ2v) is 6.02. The van der Waals surface area contributed by atoms with E-state index in [-0.39, 0.29) is 6.10 Å². The number of ether oxygens (including phenoxy) is 1. The maximum absolute atomic E-state index is 5.62. The van der Waals surface area contributed by atoms with E-state index in [1.807, 2.05) is 20.0 Å². The number of rotatable bonds is 7. The van der Waals surface area contributed by atoms with E-state index >= 15 is 0 Å². The molecule has 0 amide bonds. The van der Waals surface area contributed by atoms with Crippen LogP contribution in [0.3, 0.4) is 0 Å². The van der Waals surface area contributed by atoms with Crippen LogP contribution in [-0.4, -0.2) is 42.3 Å². The number of anilines is 1. The van der Waals surface area contributed by atoms with Gasteiger partial charge in [0.15, 0.2) is 5.82 Å². The van der Waals surface area contributed by atoms with Gasteiger partial charge in [0.2, 0.25) is 5.88 Å². The van der Waals surface area contributed by atoms with Gasteiger partial charge in [0, 0.05) is 13.1 Å². The van der Waals surface area contributed by atoms with Crippen molar-refractivity contribution in [3.63, 3.8) is 0 Å². The first kappa shape index (κ1) is 16.0. The molecule has 0 unspecified atom stereocenters. The van der Waals surface area contributed by atoms with Crippen LogP contribution in [0.25, 0.3) is 0 Å². The Morgan fingerprint density at radius 1 is 1.33 bits per heavy atom. The first-order valence-corrected chi connectivity index (χ1v) is 8.13. The molecule has 0 bridgehead atoms. The van der Waals surface area contributed by atoms with E-state index < -0.39 is 0 Å². The Hall–Kier alpha value is -1.36. The third-order valence-electron chi connectivity index (χ3n) is 3.75. The smallest absolute Gasteiger partial charge is 0.234 e. The summed E-state index contributed by atoms with van der Waals surface area (Å²) in [5.41, 5.74) is 0. The molecule has 0 aromatic carbocycles. The highest BCUT2D eigenvalue weighted by atomic mass is 16.5. The van der Waals surface area contributed by atoms with Crippen LogP contribution in [-0.2, 0) is 0 Å². The summed E-state index contributed by atoms with van der Waals surface area (Å²) in [4.78, 5) is 11.1. The van der Waals surface area contributed by atoms with Crippen molar-refractivity contribution < 1.29 is 4.74 Å². The monoisotopic (exact) mass is 292 g/mol. The molecule has 1 N–H and O–H groups in total. The minimum atomic E-state index is 0.130. The minimum Gasteiger partial charge on any atom is -0.474 e. The highest BCUT2D eigenvalue weighted by Crippen LogP contribution is 2.22. The zero-order valence-corrected chi connectivity index (χ0v) is 13.5. The van der Waals surface area contributed by atoms with Crippen molar-refractivity contribution in [3.8, 4) is 5.88 Å². The lowest BCUT2D eigenvalue weighted by atomic mass is 9.97. The highest BCUT2D eigenvalue weighted by molar-refractivity contribution is 5.38. The summed E-state index contributed by atoms with van der Waals surface area (Å²) in [5, 5.41) is 3.52. The maximum Gasteiger partial charge on any atom is 0.234 e. The van der Waals surface area contributed by atoms with Crippen LogP contribution in [0.4, 0.5) is 5.82 Å². The predicted molar refractivity (Wildman–Crippen MR) is 85.9 cm³/mol. The molecule has 21 heavy (non-hydrogen) atoms. The second-order valence-electron chi connectivity index (χ2n) is 6.02. The number of aromatic nitrogens is 2. The van der Waals surface area contributed by atoms with E-state index in [1.54, 1.807) is 6.20 Å². The summed E-state index contributed by atoms with van der Waals surface area (Å²) < 4.78 is 5.62. The van der Waals surface area contributed by atoms with Crippen molar-refractivity contribution in [2.75, 3.05) is 31.1 Å². The lowest BCUT2D eigenvalue weighted by Crippen LogP contribution is -2.38. The molecule has 5 heteroatoms. The molecule has 0 spiro atoms. The van der Waals surface area contributed by atoms with Crippen LogP contribution in [0.5, 0.6) is 5.88 Å². The summed E-state index contributed by atoms with van der Waals surface area (Å²) in [6.07, 6.45) is 7.29. The van der Waals surface area contributed by atoms with E-state index in [0.717, 1.165) is 37.9 Å². The maximum atomic E-state index is 5.62. The van der Waals surface area contributed by atoms with Crippen LogP contribution in [0, 0.1) is 5.92 Å². The fraction of sp³-hybridized carbons (Fsp3) is 0.750. The second kappa shape index (κ2) is 8.17. The molecule has 1 aromatic rings. The van der Waals surface area contributed by atoms with E-state index in [0.29, 0.717) is 5.88 Å². The van der Waals surface area contributed by atoms with Gasteiger partial charge in [-0.25, -0.2) is 0 Å². The van der Waals surface area contributed by atoms with Gasteiger partial charge >= 0.3 is 0 Å². The highest BCUT2D eigenvalue weighted by Gasteiger charge is 2.20. The summed E-state index contributed by atoms with van der Waals surface area (Å²) in [7, 11) is 0. The molecule has 0 atom stereocenters. The Labute approximate surface area is 128 Å². The largest absolute Gasteiger partial charge is 0.474 e. The molecule has 1 aliphatic rings. The topological polar surface area (TPSA) is 50.3 Å². The average Bonchev–Trinajstić information content (AvgIpc) is 2.48. The van der Waals surface area contributed by atoms with Crippen LogP contribution in [0.2, 0.25) is 0 Å². The number of nitrogens with one attached hydrogen (secondary N) is 1. The quantitative estimate of drug-likeness (QED) is 0.782. The van der Waals surface area contributed by atoms with Crippen LogP contribution in [0.1, 0.15) is 40.0 Å². The molecule has 1 aromatic heterocycles. The van der Waals surface area contributed by atoms with Crippen LogP contribution >= 0.6 is 0 Å². The molecule has 0 saturated carbocycles. The lowest BCUT2D eigenvalue weighted by molar-refractivity contribution is 0.231. The SMILES string of the molecule is CCCNCC1CCN(c2cncc(OC(C)C)n2)CC1. The van der Waals surface area contributed by atoms with Crippen molar-refractivity contribution in [2.24, 2.45) is 5.92 Å². The normalized spacial score (nSPS) is 16.5. The molecule has 5 nitrogen and oxygen atoms in total. The Bertz CT molecular complexity index is 416. The lowest BCUT2D eigenvalue weighted by Gasteiger charge is -2.32.